The van der Waals surface area contributed by atoms with Crippen LogP contribution in [0.1, 0.15) is 18.3 Å². The zero-order valence-electron chi connectivity index (χ0n) is 12.7. The molecule has 2 N–H and O–H groups in total. The number of nitrogen functional groups attached to an aromatic ring is 1. The van der Waals surface area contributed by atoms with E-state index in [0.717, 1.165) is 11.4 Å². The zero-order valence-corrected chi connectivity index (χ0v) is 13.5. The Labute approximate surface area is 127 Å². The molecule has 0 saturated heterocycles. The third kappa shape index (κ3) is 3.02. The summed E-state index contributed by atoms with van der Waals surface area (Å²) in [5, 5.41) is 12.6. The number of amides is 1. The number of carbonyl (C=O) groups is 1. The Morgan fingerprint density at radius 1 is 1.38 bits per heavy atom. The van der Waals surface area contributed by atoms with Crippen molar-refractivity contribution >= 4 is 17.7 Å². The first-order chi connectivity index (χ1) is 9.81. The van der Waals surface area contributed by atoms with E-state index in [2.05, 4.69) is 15.3 Å². The van der Waals surface area contributed by atoms with Crippen molar-refractivity contribution in [2.24, 2.45) is 0 Å². The number of aryl methyl sites for hydroxylation is 2. The van der Waals surface area contributed by atoms with Crippen LogP contribution in [0.2, 0.25) is 0 Å². The predicted octanol–water partition coefficient (Wildman–Crippen LogP) is 0.363. The van der Waals surface area contributed by atoms with Crippen LogP contribution >= 0.6 is 11.8 Å². The number of hydrogen-bond donors (Lipinski definition) is 1. The normalized spacial score (nSPS) is 12.4. The van der Waals surface area contributed by atoms with Crippen LogP contribution in [0.25, 0.3) is 5.95 Å². The second kappa shape index (κ2) is 5.76. The predicted molar refractivity (Wildman–Crippen MR) is 80.8 cm³/mol. The standard InChI is InChI=1S/C12H19N7OS/c1-7-6-8(2)19(16-7)11-14-15-12(18(11)13)21-9(3)10(20)17(4)5/h6,9H,13H2,1-5H3. The number of carbonyl (C=O) groups excluding carboxylic acids is 1. The molecule has 1 amide bonds. The molecule has 0 saturated carbocycles. The molecule has 8 nitrogen and oxygen atoms in total. The van der Waals surface area contributed by atoms with Crippen molar-refractivity contribution in [1.82, 2.24) is 29.6 Å². The van der Waals surface area contributed by atoms with E-state index in [0.29, 0.717) is 11.1 Å². The van der Waals surface area contributed by atoms with Crippen molar-refractivity contribution < 1.29 is 4.79 Å². The van der Waals surface area contributed by atoms with Gasteiger partial charge in [-0.1, -0.05) is 11.8 Å². The highest BCUT2D eigenvalue weighted by molar-refractivity contribution is 8.00. The molecule has 2 aromatic rings. The Morgan fingerprint density at radius 3 is 2.57 bits per heavy atom. The highest BCUT2D eigenvalue weighted by Crippen LogP contribution is 2.23. The third-order valence-corrected chi connectivity index (χ3v) is 3.96. The van der Waals surface area contributed by atoms with Gasteiger partial charge < -0.3 is 10.7 Å². The van der Waals surface area contributed by atoms with Crippen LogP contribution in [0.4, 0.5) is 0 Å². The molecule has 9 heteroatoms. The summed E-state index contributed by atoms with van der Waals surface area (Å²) >= 11 is 1.27. The lowest BCUT2D eigenvalue weighted by Gasteiger charge is -2.15. The van der Waals surface area contributed by atoms with Crippen LogP contribution in [-0.4, -0.2) is 54.8 Å². The second-order valence-corrected chi connectivity index (χ2v) is 6.29. The lowest BCUT2D eigenvalue weighted by atomic mass is 10.4. The van der Waals surface area contributed by atoms with Gasteiger partial charge in [-0.3, -0.25) is 4.79 Å². The summed E-state index contributed by atoms with van der Waals surface area (Å²) in [7, 11) is 3.43. The van der Waals surface area contributed by atoms with Gasteiger partial charge in [0, 0.05) is 19.8 Å². The molecule has 0 spiro atoms. The zero-order chi connectivity index (χ0) is 15.7. The minimum atomic E-state index is -0.292. The highest BCUT2D eigenvalue weighted by Gasteiger charge is 2.21. The maximum Gasteiger partial charge on any atom is 0.271 e. The van der Waals surface area contributed by atoms with Gasteiger partial charge in [0.1, 0.15) is 0 Å². The Morgan fingerprint density at radius 2 is 2.05 bits per heavy atom. The van der Waals surface area contributed by atoms with Crippen LogP contribution < -0.4 is 5.84 Å². The maximum absolute atomic E-state index is 11.9. The number of nitrogens with two attached hydrogens (primary N) is 1. The van der Waals surface area contributed by atoms with Crippen molar-refractivity contribution in [3.63, 3.8) is 0 Å². The lowest BCUT2D eigenvalue weighted by molar-refractivity contribution is -0.127. The molecule has 0 bridgehead atoms. The molecule has 0 fully saturated rings. The molecule has 2 rings (SSSR count). The van der Waals surface area contributed by atoms with E-state index in [1.54, 1.807) is 18.8 Å². The number of thioether (sulfide) groups is 1. The van der Waals surface area contributed by atoms with E-state index >= 15 is 0 Å². The lowest BCUT2D eigenvalue weighted by Crippen LogP contribution is -2.30. The first-order valence-electron chi connectivity index (χ1n) is 6.43. The number of rotatable bonds is 4. The van der Waals surface area contributed by atoms with E-state index in [-0.39, 0.29) is 11.2 Å². The van der Waals surface area contributed by atoms with E-state index in [4.69, 9.17) is 5.84 Å². The van der Waals surface area contributed by atoms with Gasteiger partial charge in [-0.15, -0.1) is 10.2 Å². The van der Waals surface area contributed by atoms with E-state index < -0.39 is 0 Å². The fraction of sp³-hybridized carbons (Fsp3) is 0.500. The Balaban J connectivity index is 2.25. The highest BCUT2D eigenvalue weighted by atomic mass is 32.2. The Kier molecular flexibility index (Phi) is 4.21. The van der Waals surface area contributed by atoms with Crippen molar-refractivity contribution in [3.8, 4) is 5.95 Å². The van der Waals surface area contributed by atoms with Crippen molar-refractivity contribution in [2.45, 2.75) is 31.2 Å². The van der Waals surface area contributed by atoms with E-state index in [9.17, 15) is 4.79 Å². The maximum atomic E-state index is 11.9. The summed E-state index contributed by atoms with van der Waals surface area (Å²) in [6.07, 6.45) is 0. The smallest absolute Gasteiger partial charge is 0.271 e. The van der Waals surface area contributed by atoms with Gasteiger partial charge in [0.25, 0.3) is 5.95 Å². The number of aromatic nitrogens is 5. The molecule has 1 atom stereocenters. The molecule has 0 aromatic carbocycles. The average molecular weight is 309 g/mol. The van der Waals surface area contributed by atoms with Gasteiger partial charge in [-0.05, 0) is 26.8 Å². The number of hydrogen-bond acceptors (Lipinski definition) is 6. The van der Waals surface area contributed by atoms with Crippen LogP contribution in [0.5, 0.6) is 0 Å². The van der Waals surface area contributed by atoms with E-state index in [1.165, 1.54) is 21.3 Å². The topological polar surface area (TPSA) is 94.9 Å². The van der Waals surface area contributed by atoms with Crippen LogP contribution in [0.3, 0.4) is 0 Å². The van der Waals surface area contributed by atoms with Gasteiger partial charge in [0.2, 0.25) is 11.1 Å². The van der Waals surface area contributed by atoms with Crippen LogP contribution in [0, 0.1) is 13.8 Å². The molecule has 114 valence electrons. The molecule has 2 heterocycles. The number of nitrogens with zero attached hydrogens (tertiary/aromatic N) is 6. The van der Waals surface area contributed by atoms with Gasteiger partial charge in [-0.25, -0.2) is 9.36 Å². The van der Waals surface area contributed by atoms with Crippen LogP contribution in [0.15, 0.2) is 11.2 Å². The molecular weight excluding hydrogens is 290 g/mol. The molecule has 0 radical (unpaired) electrons. The molecule has 0 aliphatic heterocycles. The quantitative estimate of drug-likeness (QED) is 0.647. The fourth-order valence-electron chi connectivity index (χ4n) is 1.90. The van der Waals surface area contributed by atoms with Crippen LogP contribution in [-0.2, 0) is 4.79 Å². The Hall–Kier alpha value is -2.03. The summed E-state index contributed by atoms with van der Waals surface area (Å²) in [4.78, 5) is 13.4. The van der Waals surface area contributed by atoms with Crippen molar-refractivity contribution in [2.75, 3.05) is 19.9 Å². The van der Waals surface area contributed by atoms with Crippen molar-refractivity contribution in [1.29, 1.82) is 0 Å². The molecule has 2 aromatic heterocycles. The summed E-state index contributed by atoms with van der Waals surface area (Å²) in [6, 6.07) is 1.93. The van der Waals surface area contributed by atoms with Crippen molar-refractivity contribution in [3.05, 3.63) is 17.5 Å². The van der Waals surface area contributed by atoms with Gasteiger partial charge in [-0.2, -0.15) is 5.10 Å². The summed E-state index contributed by atoms with van der Waals surface area (Å²) < 4.78 is 2.98. The Bertz CT molecular complexity index is 661. The molecular formula is C12H19N7OS. The third-order valence-electron chi connectivity index (χ3n) is 2.92. The van der Waals surface area contributed by atoms with Gasteiger partial charge >= 0.3 is 0 Å². The minimum Gasteiger partial charge on any atom is -0.348 e. The summed E-state index contributed by atoms with van der Waals surface area (Å²) in [5.74, 6) is 6.44. The minimum absolute atomic E-state index is 0.00401. The first kappa shape index (κ1) is 15.4. The molecule has 0 aliphatic carbocycles. The monoisotopic (exact) mass is 309 g/mol. The second-order valence-electron chi connectivity index (χ2n) is 4.98. The largest absolute Gasteiger partial charge is 0.348 e. The molecule has 1 unspecified atom stereocenters. The first-order valence-corrected chi connectivity index (χ1v) is 7.31. The summed E-state index contributed by atoms with van der Waals surface area (Å²) in [6.45, 7) is 5.62. The average Bonchev–Trinajstić information content (AvgIpc) is 2.92. The van der Waals surface area contributed by atoms with E-state index in [1.807, 2.05) is 26.8 Å². The fourth-order valence-corrected chi connectivity index (χ4v) is 2.81. The molecule has 21 heavy (non-hydrogen) atoms. The van der Waals surface area contributed by atoms with Gasteiger partial charge in [0.15, 0.2) is 0 Å². The summed E-state index contributed by atoms with van der Waals surface area (Å²) in [5.41, 5.74) is 1.79. The van der Waals surface area contributed by atoms with Gasteiger partial charge in [0.05, 0.1) is 10.9 Å². The SMILES string of the molecule is Cc1cc(C)n(-c2nnc(SC(C)C(=O)N(C)C)n2N)n1. The molecule has 0 aliphatic rings.